The van der Waals surface area contributed by atoms with Gasteiger partial charge in [-0.1, -0.05) is 43.2 Å². The van der Waals surface area contributed by atoms with Crippen molar-refractivity contribution in [3.63, 3.8) is 0 Å². The Kier molecular flexibility index (Phi) is 6.53. The fraction of sp³-hybridized carbons (Fsp3) is 0.259. The van der Waals surface area contributed by atoms with Crippen molar-refractivity contribution >= 4 is 17.1 Å². The third kappa shape index (κ3) is 4.86. The molecule has 0 saturated heterocycles. The van der Waals surface area contributed by atoms with E-state index in [1.807, 2.05) is 61.5 Å². The molecule has 0 atom stereocenters. The van der Waals surface area contributed by atoms with Crippen LogP contribution in [0.1, 0.15) is 30.9 Å². The number of hydrogen-bond donors (Lipinski definition) is 1. The van der Waals surface area contributed by atoms with Gasteiger partial charge in [0.1, 0.15) is 17.8 Å². The molecule has 5 rings (SSSR count). The molecule has 36 heavy (non-hydrogen) atoms. The van der Waals surface area contributed by atoms with E-state index >= 15 is 0 Å². The number of nitrogens with one attached hydrogen (secondary N) is 1. The zero-order valence-electron chi connectivity index (χ0n) is 20.3. The first-order chi connectivity index (χ1) is 17.5. The van der Waals surface area contributed by atoms with Gasteiger partial charge >= 0.3 is 5.69 Å². The van der Waals surface area contributed by atoms with Crippen LogP contribution in [0, 0.1) is 6.92 Å². The van der Waals surface area contributed by atoms with E-state index < -0.39 is 0 Å². The van der Waals surface area contributed by atoms with Crippen molar-refractivity contribution in [1.82, 2.24) is 29.1 Å². The van der Waals surface area contributed by atoms with Crippen molar-refractivity contribution in [3.8, 4) is 17.0 Å². The molecule has 0 aliphatic heterocycles. The SMILES string of the molecule is CCCCOc1ccc(-c2cc3c4nn(CC(=O)NCc5ccc(C)cc5)c(=O)n4ccn3n2)cc1. The Labute approximate surface area is 207 Å². The molecule has 0 aliphatic carbocycles. The maximum absolute atomic E-state index is 12.9. The number of nitrogens with zero attached hydrogens (tertiary/aromatic N) is 5. The van der Waals surface area contributed by atoms with Gasteiger partial charge in [0.15, 0.2) is 5.65 Å². The van der Waals surface area contributed by atoms with Gasteiger partial charge in [-0.3, -0.25) is 4.79 Å². The van der Waals surface area contributed by atoms with E-state index in [1.54, 1.807) is 16.9 Å². The quantitative estimate of drug-likeness (QED) is 0.323. The molecule has 3 aromatic heterocycles. The Morgan fingerprint density at radius 3 is 2.56 bits per heavy atom. The normalized spacial score (nSPS) is 11.3. The Morgan fingerprint density at radius 2 is 1.81 bits per heavy atom. The van der Waals surface area contributed by atoms with E-state index in [9.17, 15) is 9.59 Å². The predicted octanol–water partition coefficient (Wildman–Crippen LogP) is 3.61. The minimum absolute atomic E-state index is 0.168. The van der Waals surface area contributed by atoms with E-state index in [0.717, 1.165) is 41.0 Å². The van der Waals surface area contributed by atoms with Crippen molar-refractivity contribution in [2.24, 2.45) is 0 Å². The fourth-order valence-corrected chi connectivity index (χ4v) is 3.93. The summed E-state index contributed by atoms with van der Waals surface area (Å²) in [6.07, 6.45) is 5.42. The highest BCUT2D eigenvalue weighted by atomic mass is 16.5. The first-order valence-electron chi connectivity index (χ1n) is 12.0. The number of ether oxygens (including phenoxy) is 1. The molecule has 0 fully saturated rings. The van der Waals surface area contributed by atoms with Crippen molar-refractivity contribution < 1.29 is 9.53 Å². The first kappa shape index (κ1) is 23.3. The molecule has 0 saturated carbocycles. The lowest BCUT2D eigenvalue weighted by molar-refractivity contribution is -0.122. The summed E-state index contributed by atoms with van der Waals surface area (Å²) in [5.41, 5.74) is 4.56. The van der Waals surface area contributed by atoms with E-state index in [0.29, 0.717) is 24.3 Å². The average molecular weight is 485 g/mol. The first-order valence-corrected chi connectivity index (χ1v) is 12.0. The summed E-state index contributed by atoms with van der Waals surface area (Å²) >= 11 is 0. The smallest absolute Gasteiger partial charge is 0.350 e. The summed E-state index contributed by atoms with van der Waals surface area (Å²) in [6.45, 7) is 5.06. The van der Waals surface area contributed by atoms with Crippen LogP contribution in [0.3, 0.4) is 0 Å². The van der Waals surface area contributed by atoms with Crippen LogP contribution in [0.25, 0.3) is 22.4 Å². The summed E-state index contributed by atoms with van der Waals surface area (Å²) < 4.78 is 10.0. The lowest BCUT2D eigenvalue weighted by Gasteiger charge is -2.05. The molecule has 184 valence electrons. The van der Waals surface area contributed by atoms with Gasteiger partial charge in [0.25, 0.3) is 0 Å². The van der Waals surface area contributed by atoms with Gasteiger partial charge in [-0.25, -0.2) is 18.4 Å². The molecule has 9 nitrogen and oxygen atoms in total. The number of aryl methyl sites for hydroxylation is 1. The highest BCUT2D eigenvalue weighted by Crippen LogP contribution is 2.24. The number of fused-ring (bicyclic) bond motifs is 3. The lowest BCUT2D eigenvalue weighted by atomic mass is 10.1. The third-order valence-corrected chi connectivity index (χ3v) is 6.01. The second-order valence-corrected chi connectivity index (χ2v) is 8.78. The number of benzene rings is 2. The molecule has 0 unspecified atom stereocenters. The Balaban J connectivity index is 1.35. The Hall–Kier alpha value is -4.40. The zero-order valence-corrected chi connectivity index (χ0v) is 20.3. The molecule has 1 amide bonds. The maximum Gasteiger partial charge on any atom is 0.350 e. The van der Waals surface area contributed by atoms with Crippen molar-refractivity contribution in [2.45, 2.75) is 39.8 Å². The number of amides is 1. The van der Waals surface area contributed by atoms with Crippen molar-refractivity contribution in [3.05, 3.63) is 88.6 Å². The fourth-order valence-electron chi connectivity index (χ4n) is 3.93. The third-order valence-electron chi connectivity index (χ3n) is 6.01. The van der Waals surface area contributed by atoms with Gasteiger partial charge in [0, 0.05) is 24.5 Å². The lowest BCUT2D eigenvalue weighted by Crippen LogP contribution is -2.32. The second kappa shape index (κ2) is 10.1. The molecule has 0 spiro atoms. The molecule has 9 heteroatoms. The van der Waals surface area contributed by atoms with Crippen molar-refractivity contribution in [1.29, 1.82) is 0 Å². The number of aromatic nitrogens is 5. The molecule has 0 aliphatic rings. The van der Waals surface area contributed by atoms with Gasteiger partial charge < -0.3 is 10.1 Å². The number of hydrogen-bond acceptors (Lipinski definition) is 5. The van der Waals surface area contributed by atoms with Crippen LogP contribution in [0.4, 0.5) is 0 Å². The average Bonchev–Trinajstić information content (AvgIpc) is 3.46. The van der Waals surface area contributed by atoms with Gasteiger partial charge in [0.05, 0.1) is 12.3 Å². The van der Waals surface area contributed by atoms with Crippen LogP contribution >= 0.6 is 0 Å². The number of carbonyl (C=O) groups is 1. The van der Waals surface area contributed by atoms with Crippen LogP contribution in [0.15, 0.2) is 71.8 Å². The number of rotatable bonds is 9. The van der Waals surface area contributed by atoms with E-state index in [4.69, 9.17) is 4.74 Å². The molecule has 0 bridgehead atoms. The summed E-state index contributed by atoms with van der Waals surface area (Å²) in [4.78, 5) is 25.4. The largest absolute Gasteiger partial charge is 0.494 e. The van der Waals surface area contributed by atoms with Gasteiger partial charge in [-0.15, -0.1) is 5.10 Å². The molecular formula is C27H28N6O3. The Bertz CT molecular complexity index is 1560. The van der Waals surface area contributed by atoms with Crippen LogP contribution < -0.4 is 15.7 Å². The molecule has 5 aromatic rings. The summed E-state index contributed by atoms with van der Waals surface area (Å²) in [5.74, 6) is 0.539. The zero-order chi connectivity index (χ0) is 25.1. The van der Waals surface area contributed by atoms with Crippen molar-refractivity contribution in [2.75, 3.05) is 6.61 Å². The van der Waals surface area contributed by atoms with E-state index in [2.05, 4.69) is 22.4 Å². The Morgan fingerprint density at radius 1 is 1.03 bits per heavy atom. The molecule has 0 radical (unpaired) electrons. The molecule has 1 N–H and O–H groups in total. The monoisotopic (exact) mass is 484 g/mol. The minimum atomic E-state index is -0.380. The van der Waals surface area contributed by atoms with E-state index in [-0.39, 0.29) is 18.1 Å². The second-order valence-electron chi connectivity index (χ2n) is 8.78. The summed E-state index contributed by atoms with van der Waals surface area (Å²) in [5, 5.41) is 11.9. The van der Waals surface area contributed by atoms with Crippen LogP contribution in [0.2, 0.25) is 0 Å². The maximum atomic E-state index is 12.9. The minimum Gasteiger partial charge on any atom is -0.494 e. The van der Waals surface area contributed by atoms with Gasteiger partial charge in [-0.2, -0.15) is 5.10 Å². The van der Waals surface area contributed by atoms with Crippen LogP contribution in [-0.4, -0.2) is 36.3 Å². The highest BCUT2D eigenvalue weighted by molar-refractivity contribution is 5.78. The van der Waals surface area contributed by atoms with Crippen LogP contribution in [-0.2, 0) is 17.9 Å². The van der Waals surface area contributed by atoms with E-state index in [1.165, 1.54) is 9.08 Å². The highest BCUT2D eigenvalue weighted by Gasteiger charge is 2.15. The summed E-state index contributed by atoms with van der Waals surface area (Å²) in [7, 11) is 0. The van der Waals surface area contributed by atoms with Gasteiger partial charge in [-0.05, 0) is 49.2 Å². The molecule has 2 aromatic carbocycles. The number of unbranched alkanes of at least 4 members (excludes halogenated alkanes) is 1. The summed E-state index contributed by atoms with van der Waals surface area (Å²) in [6, 6.07) is 17.6. The predicted molar refractivity (Wildman–Crippen MR) is 137 cm³/mol. The number of carbonyl (C=O) groups excluding carboxylic acids is 1. The topological polar surface area (TPSA) is 94.9 Å². The molecular weight excluding hydrogens is 456 g/mol. The molecule has 3 heterocycles. The van der Waals surface area contributed by atoms with Gasteiger partial charge in [0.2, 0.25) is 5.91 Å². The standard InChI is InChI=1S/C27H28N6O3/c1-3-4-15-36-22-11-9-21(10-12-22)23-16-24-26-30-33(27(35)31(26)13-14-32(24)29-23)18-25(34)28-17-20-7-5-19(2)6-8-20/h5-14,16H,3-4,15,17-18H2,1-2H3,(H,28,34). The van der Waals surface area contributed by atoms with Crippen LogP contribution in [0.5, 0.6) is 5.75 Å².